The maximum atomic E-state index is 12.2. The van der Waals surface area contributed by atoms with Crippen LogP contribution in [-0.4, -0.2) is 17.7 Å². The second-order valence-electron chi connectivity index (χ2n) is 6.25. The van der Waals surface area contributed by atoms with Gasteiger partial charge in [-0.05, 0) is 40.0 Å². The van der Waals surface area contributed by atoms with Crippen LogP contribution in [0.2, 0.25) is 0 Å². The number of hydrogen-bond donors (Lipinski definition) is 0. The second kappa shape index (κ2) is 8.46. The molecular formula is C18H25F3O2. The Morgan fingerprint density at radius 3 is 1.74 bits per heavy atom. The van der Waals surface area contributed by atoms with Gasteiger partial charge < -0.3 is 0 Å². The van der Waals surface area contributed by atoms with Gasteiger partial charge >= 0.3 is 6.18 Å². The van der Waals surface area contributed by atoms with E-state index in [2.05, 4.69) is 0 Å². The van der Waals surface area contributed by atoms with Crippen molar-refractivity contribution in [3.05, 3.63) is 22.3 Å². The first-order valence-corrected chi connectivity index (χ1v) is 8.18. The zero-order chi connectivity index (χ0) is 17.6. The van der Waals surface area contributed by atoms with E-state index >= 15 is 0 Å². The van der Waals surface area contributed by atoms with E-state index < -0.39 is 12.6 Å². The molecule has 0 bridgehead atoms. The fraction of sp³-hybridized carbons (Fsp3) is 0.667. The smallest absolute Gasteiger partial charge is 0.289 e. The summed E-state index contributed by atoms with van der Waals surface area (Å²) in [5, 5.41) is 0. The summed E-state index contributed by atoms with van der Waals surface area (Å²) in [6, 6.07) is 0. The highest BCUT2D eigenvalue weighted by molar-refractivity contribution is 6.24. The third kappa shape index (κ3) is 5.96. The summed E-state index contributed by atoms with van der Waals surface area (Å²) in [5.41, 5.74) is 2.21. The predicted octanol–water partition coefficient (Wildman–Crippen LogP) is 5.47. The van der Waals surface area contributed by atoms with Crippen LogP contribution in [0.5, 0.6) is 0 Å². The maximum Gasteiger partial charge on any atom is 0.389 e. The highest BCUT2D eigenvalue weighted by Gasteiger charge is 2.27. The molecule has 0 aromatic rings. The average molecular weight is 330 g/mol. The van der Waals surface area contributed by atoms with Gasteiger partial charge in [0.15, 0.2) is 11.6 Å². The van der Waals surface area contributed by atoms with E-state index in [4.69, 9.17) is 0 Å². The molecule has 0 atom stereocenters. The molecular weight excluding hydrogens is 305 g/mol. The van der Waals surface area contributed by atoms with Crippen LogP contribution in [0.15, 0.2) is 22.3 Å². The predicted molar refractivity (Wildman–Crippen MR) is 84.1 cm³/mol. The number of ketones is 2. The lowest BCUT2D eigenvalue weighted by atomic mass is 9.84. The van der Waals surface area contributed by atoms with E-state index in [0.29, 0.717) is 35.1 Å². The van der Waals surface area contributed by atoms with Crippen LogP contribution in [0.25, 0.3) is 0 Å². The Labute approximate surface area is 135 Å². The summed E-state index contributed by atoms with van der Waals surface area (Å²) in [6.07, 6.45) is -0.127. The molecule has 0 aromatic heterocycles. The molecule has 2 nitrogen and oxygen atoms in total. The number of carbonyl (C=O) groups is 2. The summed E-state index contributed by atoms with van der Waals surface area (Å²) >= 11 is 0. The molecule has 130 valence electrons. The van der Waals surface area contributed by atoms with Crippen LogP contribution >= 0.6 is 0 Å². The van der Waals surface area contributed by atoms with Crippen molar-refractivity contribution < 1.29 is 22.8 Å². The van der Waals surface area contributed by atoms with Gasteiger partial charge in [-0.1, -0.05) is 25.7 Å². The number of allylic oxidation sites excluding steroid dienone is 4. The lowest BCUT2D eigenvalue weighted by Gasteiger charge is -2.18. The molecule has 1 aliphatic rings. The number of alkyl halides is 3. The summed E-state index contributed by atoms with van der Waals surface area (Å²) in [6.45, 7) is 5.06. The first-order valence-electron chi connectivity index (χ1n) is 8.18. The van der Waals surface area contributed by atoms with Crippen molar-refractivity contribution in [2.75, 3.05) is 0 Å². The van der Waals surface area contributed by atoms with Crippen molar-refractivity contribution in [1.82, 2.24) is 0 Å². The van der Waals surface area contributed by atoms with Gasteiger partial charge in [-0.25, -0.2) is 0 Å². The van der Waals surface area contributed by atoms with Crippen LogP contribution < -0.4 is 0 Å². The first kappa shape index (κ1) is 19.7. The molecule has 0 saturated heterocycles. The van der Waals surface area contributed by atoms with Gasteiger partial charge in [0.05, 0.1) is 0 Å². The van der Waals surface area contributed by atoms with Crippen molar-refractivity contribution in [2.45, 2.75) is 78.3 Å². The Kier molecular flexibility index (Phi) is 7.23. The van der Waals surface area contributed by atoms with Crippen molar-refractivity contribution in [2.24, 2.45) is 0 Å². The summed E-state index contributed by atoms with van der Waals surface area (Å²) in [7, 11) is 0. The van der Waals surface area contributed by atoms with Crippen LogP contribution in [0, 0.1) is 0 Å². The molecule has 0 radical (unpaired) electrons. The van der Waals surface area contributed by atoms with E-state index in [-0.39, 0.29) is 18.0 Å². The summed E-state index contributed by atoms with van der Waals surface area (Å²) in [4.78, 5) is 24.2. The number of halogens is 3. The molecule has 1 rings (SSSR count). The lowest BCUT2D eigenvalue weighted by Crippen LogP contribution is -2.20. The van der Waals surface area contributed by atoms with Crippen molar-refractivity contribution in [1.29, 1.82) is 0 Å². The zero-order valence-corrected chi connectivity index (χ0v) is 14.1. The minimum absolute atomic E-state index is 0.0372. The molecule has 0 heterocycles. The lowest BCUT2D eigenvalue weighted by molar-refractivity contribution is -0.135. The van der Waals surface area contributed by atoms with Gasteiger partial charge in [0.2, 0.25) is 0 Å². The number of hydrogen-bond acceptors (Lipinski definition) is 2. The summed E-state index contributed by atoms with van der Waals surface area (Å²) < 4.78 is 36.0. The summed E-state index contributed by atoms with van der Waals surface area (Å²) in [5.74, 6) is -0.0889. The molecule has 0 fully saturated rings. The third-order valence-corrected chi connectivity index (χ3v) is 4.45. The third-order valence-electron chi connectivity index (χ3n) is 4.45. The van der Waals surface area contributed by atoms with Gasteiger partial charge in [0.1, 0.15) is 0 Å². The topological polar surface area (TPSA) is 34.1 Å². The zero-order valence-electron chi connectivity index (χ0n) is 14.1. The Morgan fingerprint density at radius 1 is 0.696 bits per heavy atom. The number of carbonyl (C=O) groups excluding carboxylic acids is 2. The Balaban J connectivity index is 2.29. The fourth-order valence-corrected chi connectivity index (χ4v) is 2.79. The number of unbranched alkanes of at least 4 members (excludes halogenated alkanes) is 5. The second-order valence-corrected chi connectivity index (χ2v) is 6.25. The van der Waals surface area contributed by atoms with Crippen molar-refractivity contribution >= 4 is 11.6 Å². The highest BCUT2D eigenvalue weighted by atomic mass is 19.4. The van der Waals surface area contributed by atoms with Crippen LogP contribution in [0.1, 0.15) is 72.1 Å². The van der Waals surface area contributed by atoms with E-state index in [1.54, 1.807) is 20.8 Å². The molecule has 5 heteroatoms. The minimum Gasteiger partial charge on any atom is -0.289 e. The van der Waals surface area contributed by atoms with Gasteiger partial charge in [-0.15, -0.1) is 0 Å². The Hall–Kier alpha value is -1.39. The Bertz CT molecular complexity index is 525. The largest absolute Gasteiger partial charge is 0.389 e. The normalized spacial score (nSPS) is 16.6. The molecule has 23 heavy (non-hydrogen) atoms. The van der Waals surface area contributed by atoms with Crippen LogP contribution in [0.3, 0.4) is 0 Å². The van der Waals surface area contributed by atoms with E-state index in [1.165, 1.54) is 0 Å². The molecule has 0 saturated carbocycles. The van der Waals surface area contributed by atoms with Crippen LogP contribution in [-0.2, 0) is 9.59 Å². The van der Waals surface area contributed by atoms with Gasteiger partial charge in [0.25, 0.3) is 0 Å². The number of rotatable bonds is 8. The Morgan fingerprint density at radius 2 is 1.17 bits per heavy atom. The molecule has 0 aromatic carbocycles. The van der Waals surface area contributed by atoms with Gasteiger partial charge in [-0.2, -0.15) is 13.2 Å². The maximum absolute atomic E-state index is 12.2. The minimum atomic E-state index is -4.05. The van der Waals surface area contributed by atoms with E-state index in [0.717, 1.165) is 25.7 Å². The first-order chi connectivity index (χ1) is 10.6. The molecule has 1 aliphatic carbocycles. The van der Waals surface area contributed by atoms with Crippen molar-refractivity contribution in [3.8, 4) is 0 Å². The van der Waals surface area contributed by atoms with Gasteiger partial charge in [0, 0.05) is 28.7 Å². The van der Waals surface area contributed by atoms with Crippen molar-refractivity contribution in [3.63, 3.8) is 0 Å². The average Bonchev–Trinajstić information content (AvgIpc) is 2.47. The van der Waals surface area contributed by atoms with Crippen LogP contribution in [0.4, 0.5) is 13.2 Å². The number of Topliss-reactive ketones (excluding diaryl/α,β-unsaturated/α-hetero) is 2. The van der Waals surface area contributed by atoms with E-state index in [1.807, 2.05) is 0 Å². The quantitative estimate of drug-likeness (QED) is 0.436. The molecule has 0 amide bonds. The van der Waals surface area contributed by atoms with Gasteiger partial charge in [-0.3, -0.25) is 9.59 Å². The fourth-order valence-electron chi connectivity index (χ4n) is 2.79. The molecule has 0 N–H and O–H groups in total. The van der Waals surface area contributed by atoms with E-state index in [9.17, 15) is 22.8 Å². The SMILES string of the molecule is CC1=C(C)C(=O)C(CCCCCCCCC(F)(F)F)=C(C)C1=O. The highest BCUT2D eigenvalue weighted by Crippen LogP contribution is 2.28. The molecule has 0 spiro atoms. The molecule has 0 aliphatic heterocycles. The molecule has 0 unspecified atom stereocenters. The monoisotopic (exact) mass is 330 g/mol. The standard InChI is InChI=1S/C18H25F3O2/c1-12-13(2)17(23)15(14(3)16(12)22)10-8-6-4-5-7-9-11-18(19,20)21/h4-11H2,1-3H3.